The van der Waals surface area contributed by atoms with Crippen molar-refractivity contribution >= 4 is 17.5 Å². The lowest BCUT2D eigenvalue weighted by atomic mass is 10.2. The predicted molar refractivity (Wildman–Crippen MR) is 75.6 cm³/mol. The minimum Gasteiger partial charge on any atom is -0.464 e. The molecule has 19 heavy (non-hydrogen) atoms. The number of benzene rings is 1. The maximum atomic E-state index is 6.16. The molecular weight excluding hydrogens is 264 g/mol. The molecule has 0 amide bonds. The molecule has 100 valence electrons. The number of anilines is 1. The standard InChI is InChI=1S/C13H15ClN4O/c1-3-15-12-16-11(17-13(18-12)19-4-2)9-7-5-6-8-10(9)14/h5-8H,3-4H2,1-2H3,(H,15,16,17,18). The predicted octanol–water partition coefficient (Wildman–Crippen LogP) is 3.02. The number of hydrogen-bond acceptors (Lipinski definition) is 5. The summed E-state index contributed by atoms with van der Waals surface area (Å²) in [6.45, 7) is 5.07. The van der Waals surface area contributed by atoms with Gasteiger partial charge < -0.3 is 10.1 Å². The van der Waals surface area contributed by atoms with E-state index >= 15 is 0 Å². The summed E-state index contributed by atoms with van der Waals surface area (Å²) >= 11 is 6.16. The largest absolute Gasteiger partial charge is 0.464 e. The maximum absolute atomic E-state index is 6.16. The monoisotopic (exact) mass is 278 g/mol. The first-order valence-electron chi connectivity index (χ1n) is 6.12. The van der Waals surface area contributed by atoms with Crippen LogP contribution in [-0.4, -0.2) is 28.1 Å². The van der Waals surface area contributed by atoms with Crippen LogP contribution in [-0.2, 0) is 0 Å². The summed E-state index contributed by atoms with van der Waals surface area (Å²) in [5, 5.41) is 3.65. The van der Waals surface area contributed by atoms with Gasteiger partial charge in [-0.1, -0.05) is 23.7 Å². The molecule has 5 nitrogen and oxygen atoms in total. The van der Waals surface area contributed by atoms with Crippen molar-refractivity contribution in [1.29, 1.82) is 0 Å². The molecule has 1 aromatic heterocycles. The van der Waals surface area contributed by atoms with Crippen LogP contribution in [0.25, 0.3) is 11.4 Å². The van der Waals surface area contributed by atoms with E-state index in [1.54, 1.807) is 6.07 Å². The van der Waals surface area contributed by atoms with Gasteiger partial charge in [0.1, 0.15) is 0 Å². The molecule has 6 heteroatoms. The lowest BCUT2D eigenvalue weighted by Gasteiger charge is -2.08. The quantitative estimate of drug-likeness (QED) is 0.911. The van der Waals surface area contributed by atoms with Gasteiger partial charge in [0.15, 0.2) is 5.82 Å². The number of nitrogens with zero attached hydrogens (tertiary/aromatic N) is 3. The molecule has 2 aromatic rings. The topological polar surface area (TPSA) is 59.9 Å². The molecule has 1 aromatic carbocycles. The van der Waals surface area contributed by atoms with Gasteiger partial charge in [-0.2, -0.15) is 15.0 Å². The van der Waals surface area contributed by atoms with Gasteiger partial charge in [-0.05, 0) is 26.0 Å². The summed E-state index contributed by atoms with van der Waals surface area (Å²) in [4.78, 5) is 12.8. The number of ether oxygens (including phenoxy) is 1. The van der Waals surface area contributed by atoms with E-state index in [0.29, 0.717) is 29.4 Å². The highest BCUT2D eigenvalue weighted by molar-refractivity contribution is 6.33. The highest BCUT2D eigenvalue weighted by Crippen LogP contribution is 2.26. The Bertz CT molecular complexity index is 538. The number of nitrogens with one attached hydrogen (secondary N) is 1. The van der Waals surface area contributed by atoms with Crippen LogP contribution in [0.4, 0.5) is 5.95 Å². The third-order valence-electron chi connectivity index (χ3n) is 2.34. The molecule has 2 rings (SSSR count). The molecule has 0 aliphatic heterocycles. The molecule has 0 atom stereocenters. The molecule has 0 spiro atoms. The normalized spacial score (nSPS) is 10.3. The van der Waals surface area contributed by atoms with Gasteiger partial charge in [-0.25, -0.2) is 0 Å². The maximum Gasteiger partial charge on any atom is 0.321 e. The van der Waals surface area contributed by atoms with Crippen LogP contribution < -0.4 is 10.1 Å². The van der Waals surface area contributed by atoms with E-state index in [1.807, 2.05) is 32.0 Å². The van der Waals surface area contributed by atoms with E-state index in [0.717, 1.165) is 12.1 Å². The van der Waals surface area contributed by atoms with E-state index in [9.17, 15) is 0 Å². The molecular formula is C13H15ClN4O. The van der Waals surface area contributed by atoms with Crippen LogP contribution in [0.2, 0.25) is 5.02 Å². The van der Waals surface area contributed by atoms with Crippen LogP contribution >= 0.6 is 11.6 Å². The Morgan fingerprint density at radius 3 is 2.63 bits per heavy atom. The fraction of sp³-hybridized carbons (Fsp3) is 0.308. The van der Waals surface area contributed by atoms with Gasteiger partial charge in [-0.15, -0.1) is 0 Å². The summed E-state index contributed by atoms with van der Waals surface area (Å²) in [5.41, 5.74) is 0.756. The average Bonchev–Trinajstić information content (AvgIpc) is 2.40. The molecule has 0 fully saturated rings. The summed E-state index contributed by atoms with van der Waals surface area (Å²) in [5.74, 6) is 0.982. The van der Waals surface area contributed by atoms with Crippen molar-refractivity contribution in [1.82, 2.24) is 15.0 Å². The third-order valence-corrected chi connectivity index (χ3v) is 2.67. The van der Waals surface area contributed by atoms with Crippen LogP contribution in [0.1, 0.15) is 13.8 Å². The first-order valence-corrected chi connectivity index (χ1v) is 6.50. The Morgan fingerprint density at radius 1 is 1.16 bits per heavy atom. The van der Waals surface area contributed by atoms with Crippen LogP contribution in [0, 0.1) is 0 Å². The zero-order chi connectivity index (χ0) is 13.7. The van der Waals surface area contributed by atoms with Gasteiger partial charge in [0, 0.05) is 12.1 Å². The van der Waals surface area contributed by atoms with Gasteiger partial charge in [-0.3, -0.25) is 0 Å². The fourth-order valence-electron chi connectivity index (χ4n) is 1.55. The number of aromatic nitrogens is 3. The SMILES string of the molecule is CCNc1nc(OCC)nc(-c2ccccc2Cl)n1. The molecule has 0 bridgehead atoms. The fourth-order valence-corrected chi connectivity index (χ4v) is 1.77. The summed E-state index contributed by atoms with van der Waals surface area (Å²) < 4.78 is 5.35. The van der Waals surface area contributed by atoms with Crippen molar-refractivity contribution in [3.8, 4) is 17.4 Å². The number of halogens is 1. The van der Waals surface area contributed by atoms with Gasteiger partial charge in [0.2, 0.25) is 5.95 Å². The van der Waals surface area contributed by atoms with E-state index in [4.69, 9.17) is 16.3 Å². The first-order chi connectivity index (χ1) is 9.24. The lowest BCUT2D eigenvalue weighted by Crippen LogP contribution is -2.07. The average molecular weight is 279 g/mol. The van der Waals surface area contributed by atoms with Crippen molar-refractivity contribution in [2.75, 3.05) is 18.5 Å². The second-order valence-corrected chi connectivity index (χ2v) is 4.12. The van der Waals surface area contributed by atoms with Crippen LogP contribution in [0.15, 0.2) is 24.3 Å². The van der Waals surface area contributed by atoms with E-state index in [-0.39, 0.29) is 0 Å². The molecule has 1 heterocycles. The van der Waals surface area contributed by atoms with Crippen LogP contribution in [0.3, 0.4) is 0 Å². The minimum atomic E-state index is 0.295. The minimum absolute atomic E-state index is 0.295. The highest BCUT2D eigenvalue weighted by atomic mass is 35.5. The van der Waals surface area contributed by atoms with E-state index in [2.05, 4.69) is 20.3 Å². The molecule has 0 radical (unpaired) electrons. The third kappa shape index (κ3) is 3.32. The van der Waals surface area contributed by atoms with Crippen molar-refractivity contribution < 1.29 is 4.74 Å². The first kappa shape index (κ1) is 13.5. The Morgan fingerprint density at radius 2 is 1.95 bits per heavy atom. The Kier molecular flexibility index (Phi) is 4.52. The molecule has 0 saturated heterocycles. The highest BCUT2D eigenvalue weighted by Gasteiger charge is 2.11. The number of rotatable bonds is 5. The molecule has 0 aliphatic rings. The Labute approximate surface area is 117 Å². The number of hydrogen-bond donors (Lipinski definition) is 1. The van der Waals surface area contributed by atoms with E-state index in [1.165, 1.54) is 0 Å². The second-order valence-electron chi connectivity index (χ2n) is 3.71. The van der Waals surface area contributed by atoms with E-state index < -0.39 is 0 Å². The molecule has 0 saturated carbocycles. The Balaban J connectivity index is 2.46. The lowest BCUT2D eigenvalue weighted by molar-refractivity contribution is 0.312. The molecule has 0 aliphatic carbocycles. The van der Waals surface area contributed by atoms with Crippen molar-refractivity contribution in [2.24, 2.45) is 0 Å². The van der Waals surface area contributed by atoms with Gasteiger partial charge >= 0.3 is 6.01 Å². The van der Waals surface area contributed by atoms with Crippen LogP contribution in [0.5, 0.6) is 6.01 Å². The summed E-state index contributed by atoms with van der Waals surface area (Å²) in [6.07, 6.45) is 0. The van der Waals surface area contributed by atoms with Crippen molar-refractivity contribution in [3.05, 3.63) is 29.3 Å². The van der Waals surface area contributed by atoms with Gasteiger partial charge in [0.05, 0.1) is 11.6 Å². The van der Waals surface area contributed by atoms with Crippen molar-refractivity contribution in [2.45, 2.75) is 13.8 Å². The summed E-state index contributed by atoms with van der Waals surface area (Å²) in [7, 11) is 0. The Hall–Kier alpha value is -1.88. The second kappa shape index (κ2) is 6.33. The zero-order valence-corrected chi connectivity index (χ0v) is 11.6. The molecule has 1 N–H and O–H groups in total. The smallest absolute Gasteiger partial charge is 0.321 e. The summed E-state index contributed by atoms with van der Waals surface area (Å²) in [6, 6.07) is 7.71. The van der Waals surface area contributed by atoms with Crippen molar-refractivity contribution in [3.63, 3.8) is 0 Å². The van der Waals surface area contributed by atoms with Gasteiger partial charge in [0.25, 0.3) is 0 Å². The molecule has 0 unspecified atom stereocenters. The zero-order valence-electron chi connectivity index (χ0n) is 10.9.